The average Bonchev–Trinajstić information content (AvgIpc) is 3.07. The molecule has 5 rings (SSSR count). The molecule has 0 spiro atoms. The zero-order valence-electron chi connectivity index (χ0n) is 16.3. The molecular weight excluding hydrogens is 376 g/mol. The number of carbonyl (C=O) groups is 1. The van der Waals surface area contributed by atoms with Crippen molar-refractivity contribution in [1.29, 1.82) is 0 Å². The molecule has 2 unspecified atom stereocenters. The number of nitrogens with two attached hydrogens (primary N) is 1. The smallest absolute Gasteiger partial charge is 0.166 e. The zero-order chi connectivity index (χ0) is 19.3. The van der Waals surface area contributed by atoms with Gasteiger partial charge in [-0.05, 0) is 49.0 Å². The van der Waals surface area contributed by atoms with Crippen LogP contribution in [0.25, 0.3) is 0 Å². The molecule has 3 fully saturated rings. The number of benzene rings is 1. The maximum Gasteiger partial charge on any atom is 0.166 e. The lowest BCUT2D eigenvalue weighted by Crippen LogP contribution is -2.33. The lowest BCUT2D eigenvalue weighted by molar-refractivity contribution is 0.0535. The third kappa shape index (κ3) is 3.42. The highest BCUT2D eigenvalue weighted by Crippen LogP contribution is 2.54. The van der Waals surface area contributed by atoms with E-state index in [1.54, 1.807) is 6.07 Å². The normalized spacial score (nSPS) is 29.4. The van der Waals surface area contributed by atoms with Crippen molar-refractivity contribution < 1.29 is 14.3 Å². The minimum Gasteiger partial charge on any atom is -0.492 e. The molecule has 1 aromatic rings. The van der Waals surface area contributed by atoms with Crippen LogP contribution >= 0.6 is 11.6 Å². The molecule has 0 bridgehead atoms. The van der Waals surface area contributed by atoms with E-state index in [1.807, 2.05) is 0 Å². The van der Waals surface area contributed by atoms with Crippen molar-refractivity contribution in [3.8, 4) is 5.75 Å². The number of piperidine rings is 1. The van der Waals surface area contributed by atoms with E-state index in [-0.39, 0.29) is 5.78 Å². The second-order valence-corrected chi connectivity index (χ2v) is 9.36. The van der Waals surface area contributed by atoms with Gasteiger partial charge in [-0.3, -0.25) is 4.79 Å². The first-order chi connectivity index (χ1) is 13.6. The molecule has 3 heterocycles. The number of nitrogens with zero attached hydrogens (tertiary/aromatic N) is 1. The van der Waals surface area contributed by atoms with E-state index >= 15 is 0 Å². The monoisotopic (exact) mass is 404 g/mol. The fourth-order valence-electron chi connectivity index (χ4n) is 5.61. The fraction of sp³-hybridized carbons (Fsp3) is 0.682. The number of ketones is 1. The number of Topliss-reactive ketones (excluding diaryl/α,β-unsaturated/α-hetero) is 1. The van der Waals surface area contributed by atoms with Gasteiger partial charge in [-0.15, -0.1) is 0 Å². The summed E-state index contributed by atoms with van der Waals surface area (Å²) in [6.07, 6.45) is 4.71. The fourth-order valence-corrected chi connectivity index (χ4v) is 5.84. The van der Waals surface area contributed by atoms with E-state index < -0.39 is 0 Å². The van der Waals surface area contributed by atoms with E-state index in [1.165, 1.54) is 32.5 Å². The van der Waals surface area contributed by atoms with Crippen LogP contribution in [0.1, 0.15) is 41.6 Å². The van der Waals surface area contributed by atoms with Gasteiger partial charge in [0, 0.05) is 51.3 Å². The molecule has 2 N–H and O–H groups in total. The third-order valence-corrected chi connectivity index (χ3v) is 7.59. The number of rotatable bonds is 6. The van der Waals surface area contributed by atoms with E-state index in [9.17, 15) is 4.79 Å². The van der Waals surface area contributed by atoms with Gasteiger partial charge in [0.1, 0.15) is 5.75 Å². The zero-order valence-corrected chi connectivity index (χ0v) is 17.0. The largest absolute Gasteiger partial charge is 0.492 e. The van der Waals surface area contributed by atoms with Crippen LogP contribution < -0.4 is 10.5 Å². The van der Waals surface area contributed by atoms with E-state index in [0.717, 1.165) is 49.4 Å². The van der Waals surface area contributed by atoms with E-state index in [4.69, 9.17) is 26.8 Å². The molecule has 2 saturated heterocycles. The second-order valence-electron chi connectivity index (χ2n) is 8.95. The number of nitrogen functional groups attached to an aromatic ring is 1. The minimum absolute atomic E-state index is 0.143. The molecule has 6 heteroatoms. The van der Waals surface area contributed by atoms with Crippen molar-refractivity contribution in [2.75, 3.05) is 45.2 Å². The van der Waals surface area contributed by atoms with Gasteiger partial charge in [0.15, 0.2) is 5.78 Å². The Hall–Kier alpha value is -1.30. The van der Waals surface area contributed by atoms with Crippen molar-refractivity contribution >= 4 is 23.1 Å². The number of ether oxygens (including phenoxy) is 2. The summed E-state index contributed by atoms with van der Waals surface area (Å²) in [4.78, 5) is 15.5. The van der Waals surface area contributed by atoms with E-state index in [2.05, 4.69) is 4.90 Å². The Morgan fingerprint density at radius 1 is 1.21 bits per heavy atom. The maximum atomic E-state index is 12.8. The van der Waals surface area contributed by atoms with Gasteiger partial charge < -0.3 is 20.1 Å². The molecule has 3 aliphatic heterocycles. The average molecular weight is 405 g/mol. The van der Waals surface area contributed by atoms with Crippen LogP contribution in [0.3, 0.4) is 0 Å². The Morgan fingerprint density at radius 2 is 1.96 bits per heavy atom. The number of halogens is 1. The number of likely N-dealkylation sites (tertiary alicyclic amines) is 1. The lowest BCUT2D eigenvalue weighted by Gasteiger charge is -2.28. The van der Waals surface area contributed by atoms with E-state index in [0.29, 0.717) is 41.0 Å². The molecule has 1 aromatic carbocycles. The number of hydrogen-bond acceptors (Lipinski definition) is 5. The SMILES string of the molecule is Nc1c(Cl)cc(C(=O)CCC2C3CN(CC4CCOCC4)CC23)c2c1CCO2. The summed E-state index contributed by atoms with van der Waals surface area (Å²) in [5, 5.41) is 0.472. The topological polar surface area (TPSA) is 64.8 Å². The highest BCUT2D eigenvalue weighted by Gasteiger charge is 2.54. The molecule has 1 aliphatic carbocycles. The first-order valence-electron chi connectivity index (χ1n) is 10.7. The van der Waals surface area contributed by atoms with Gasteiger partial charge in [-0.1, -0.05) is 11.6 Å². The number of anilines is 1. The van der Waals surface area contributed by atoms with Crippen molar-refractivity contribution in [2.45, 2.75) is 32.1 Å². The summed E-state index contributed by atoms with van der Waals surface area (Å²) in [6.45, 7) is 6.10. The van der Waals surface area contributed by atoms with Gasteiger partial charge in [0.25, 0.3) is 0 Å². The van der Waals surface area contributed by atoms with Crippen LogP contribution in [0.4, 0.5) is 5.69 Å². The molecule has 4 aliphatic rings. The van der Waals surface area contributed by atoms with Gasteiger partial charge >= 0.3 is 0 Å². The Balaban J connectivity index is 1.13. The Bertz CT molecular complexity index is 766. The third-order valence-electron chi connectivity index (χ3n) is 7.28. The van der Waals surface area contributed by atoms with Crippen molar-refractivity contribution in [1.82, 2.24) is 4.90 Å². The van der Waals surface area contributed by atoms with Crippen LogP contribution in [0.15, 0.2) is 6.07 Å². The van der Waals surface area contributed by atoms with Crippen molar-refractivity contribution in [2.24, 2.45) is 23.7 Å². The van der Waals surface area contributed by atoms with Crippen LogP contribution in [0.2, 0.25) is 5.02 Å². The molecule has 0 aromatic heterocycles. The first-order valence-corrected chi connectivity index (χ1v) is 11.1. The molecule has 0 radical (unpaired) electrons. The molecule has 2 atom stereocenters. The van der Waals surface area contributed by atoms with Crippen molar-refractivity contribution in [3.05, 3.63) is 22.2 Å². The summed E-state index contributed by atoms with van der Waals surface area (Å²) in [7, 11) is 0. The summed E-state index contributed by atoms with van der Waals surface area (Å²) in [5.74, 6) is 3.93. The Labute approximate surface area is 171 Å². The van der Waals surface area contributed by atoms with Crippen LogP contribution in [0.5, 0.6) is 5.75 Å². The molecule has 5 nitrogen and oxygen atoms in total. The molecule has 152 valence electrons. The Morgan fingerprint density at radius 3 is 2.71 bits per heavy atom. The lowest BCUT2D eigenvalue weighted by atomic mass is 9.98. The Kier molecular flexibility index (Phi) is 5.02. The van der Waals surface area contributed by atoms with Crippen LogP contribution in [-0.4, -0.2) is 50.1 Å². The second kappa shape index (κ2) is 7.51. The summed E-state index contributed by atoms with van der Waals surface area (Å²) in [6, 6.07) is 1.70. The molecule has 0 amide bonds. The highest BCUT2D eigenvalue weighted by atomic mass is 35.5. The standard InChI is InChI=1S/C22H29ClN2O3/c23-19-9-16(22-15(21(19)24)5-8-28-22)20(26)2-1-14-17-11-25(12-18(14)17)10-13-3-6-27-7-4-13/h9,13-14,17-18H,1-8,10-12,24H2. The first kappa shape index (κ1) is 18.7. The maximum absolute atomic E-state index is 12.8. The van der Waals surface area contributed by atoms with Crippen molar-refractivity contribution in [3.63, 3.8) is 0 Å². The highest BCUT2D eigenvalue weighted by molar-refractivity contribution is 6.33. The number of carbonyl (C=O) groups excluding carboxylic acids is 1. The predicted octanol–water partition coefficient (Wildman–Crippen LogP) is 3.42. The predicted molar refractivity (Wildman–Crippen MR) is 109 cm³/mol. The van der Waals surface area contributed by atoms with Gasteiger partial charge in [-0.2, -0.15) is 0 Å². The quantitative estimate of drug-likeness (QED) is 0.581. The van der Waals surface area contributed by atoms with Gasteiger partial charge in [-0.25, -0.2) is 0 Å². The molecule has 28 heavy (non-hydrogen) atoms. The van der Waals surface area contributed by atoms with Crippen LogP contribution in [-0.2, 0) is 11.2 Å². The summed E-state index contributed by atoms with van der Waals surface area (Å²) >= 11 is 6.24. The van der Waals surface area contributed by atoms with Crippen LogP contribution in [0, 0.1) is 23.7 Å². The minimum atomic E-state index is 0.143. The number of hydrogen-bond donors (Lipinski definition) is 1. The summed E-state index contributed by atoms with van der Waals surface area (Å²) < 4.78 is 11.2. The summed E-state index contributed by atoms with van der Waals surface area (Å²) in [5.41, 5.74) is 8.13. The van der Waals surface area contributed by atoms with Gasteiger partial charge in [0.05, 0.1) is 22.9 Å². The van der Waals surface area contributed by atoms with Gasteiger partial charge in [0.2, 0.25) is 0 Å². The molecular formula is C22H29ClN2O3. The number of fused-ring (bicyclic) bond motifs is 2. The molecule has 1 saturated carbocycles.